The Balaban J connectivity index is 1.46. The van der Waals surface area contributed by atoms with Crippen molar-refractivity contribution in [2.75, 3.05) is 5.32 Å². The van der Waals surface area contributed by atoms with Gasteiger partial charge >= 0.3 is 0 Å². The number of hydrogen-bond donors (Lipinski definition) is 2. The molecule has 0 saturated carbocycles. The first kappa shape index (κ1) is 17.7. The number of hydrogen-bond acceptors (Lipinski definition) is 3. The zero-order valence-electron chi connectivity index (χ0n) is 16.3. The summed E-state index contributed by atoms with van der Waals surface area (Å²) in [6, 6.07) is 27.4. The summed E-state index contributed by atoms with van der Waals surface area (Å²) in [5, 5.41) is 8.18. The van der Waals surface area contributed by atoms with Gasteiger partial charge in [0.05, 0.1) is 11.7 Å². The Morgan fingerprint density at radius 2 is 1.57 bits per heavy atom. The number of rotatable bonds is 2. The average molecular weight is 413 g/mol. The molecule has 3 aromatic carbocycles. The molecular weight excluding hydrogens is 392 g/mol. The molecule has 0 bridgehead atoms. The van der Waals surface area contributed by atoms with Gasteiger partial charge in [-0.3, -0.25) is 0 Å². The molecule has 0 aromatic heterocycles. The lowest BCUT2D eigenvalue weighted by Crippen LogP contribution is -2.30. The smallest absolute Gasteiger partial charge is 0.196 e. The first-order chi connectivity index (χ1) is 14.8. The molecular formula is C26H21ClN2O. The maximum Gasteiger partial charge on any atom is 0.196 e. The van der Waals surface area contributed by atoms with Gasteiger partial charge in [-0.15, -0.1) is 0 Å². The number of benzene rings is 3. The SMILES string of the molecule is Clc1ccc(C2NC3=C4c5ccccc5NC(c5ccccc5)C4CC=C3O2)cc1. The van der Waals surface area contributed by atoms with Crippen LogP contribution in [0.3, 0.4) is 0 Å². The largest absolute Gasteiger partial charge is 0.465 e. The van der Waals surface area contributed by atoms with Gasteiger partial charge in [-0.1, -0.05) is 72.3 Å². The van der Waals surface area contributed by atoms with E-state index in [2.05, 4.69) is 71.3 Å². The van der Waals surface area contributed by atoms with Crippen molar-refractivity contribution in [2.24, 2.45) is 5.92 Å². The van der Waals surface area contributed by atoms with Crippen LogP contribution < -0.4 is 10.6 Å². The summed E-state index contributed by atoms with van der Waals surface area (Å²) in [6.07, 6.45) is 2.97. The van der Waals surface area contributed by atoms with Gasteiger partial charge in [0.15, 0.2) is 6.23 Å². The molecule has 0 radical (unpaired) electrons. The van der Waals surface area contributed by atoms with Crippen LogP contribution in [0.5, 0.6) is 0 Å². The van der Waals surface area contributed by atoms with Gasteiger partial charge in [0.25, 0.3) is 0 Å². The van der Waals surface area contributed by atoms with E-state index in [1.807, 2.05) is 24.3 Å². The van der Waals surface area contributed by atoms with Crippen LogP contribution in [0, 0.1) is 5.92 Å². The van der Waals surface area contributed by atoms with Crippen molar-refractivity contribution >= 4 is 22.9 Å². The second kappa shape index (κ2) is 6.96. The predicted molar refractivity (Wildman–Crippen MR) is 121 cm³/mol. The van der Waals surface area contributed by atoms with Gasteiger partial charge in [-0.2, -0.15) is 0 Å². The van der Waals surface area contributed by atoms with E-state index < -0.39 is 0 Å². The molecule has 3 nitrogen and oxygen atoms in total. The Labute approximate surface area is 181 Å². The third-order valence-electron chi connectivity index (χ3n) is 6.23. The molecule has 148 valence electrons. The predicted octanol–water partition coefficient (Wildman–Crippen LogP) is 6.44. The Hall–Kier alpha value is -3.17. The van der Waals surface area contributed by atoms with Crippen molar-refractivity contribution in [1.82, 2.24) is 5.32 Å². The van der Waals surface area contributed by atoms with Gasteiger partial charge in [0.1, 0.15) is 5.76 Å². The Bertz CT molecular complexity index is 1170. The van der Waals surface area contributed by atoms with Crippen LogP contribution in [0.2, 0.25) is 5.02 Å². The van der Waals surface area contributed by atoms with E-state index >= 15 is 0 Å². The Morgan fingerprint density at radius 1 is 0.800 bits per heavy atom. The van der Waals surface area contributed by atoms with Crippen LogP contribution >= 0.6 is 11.6 Å². The van der Waals surface area contributed by atoms with Crippen molar-refractivity contribution in [2.45, 2.75) is 18.7 Å². The second-order valence-corrected chi connectivity index (χ2v) is 8.41. The van der Waals surface area contributed by atoms with E-state index in [0.717, 1.165) is 28.5 Å². The summed E-state index contributed by atoms with van der Waals surface area (Å²) in [4.78, 5) is 0. The normalized spacial score (nSPS) is 23.9. The number of fused-ring (bicyclic) bond motifs is 4. The van der Waals surface area contributed by atoms with Crippen LogP contribution in [0.1, 0.15) is 35.4 Å². The van der Waals surface area contributed by atoms with Crippen molar-refractivity contribution < 1.29 is 4.74 Å². The van der Waals surface area contributed by atoms with Gasteiger partial charge in [0.2, 0.25) is 0 Å². The molecule has 3 aromatic rings. The Morgan fingerprint density at radius 3 is 2.40 bits per heavy atom. The molecule has 4 heteroatoms. The van der Waals surface area contributed by atoms with Crippen molar-refractivity contribution in [3.8, 4) is 0 Å². The van der Waals surface area contributed by atoms with Crippen LogP contribution in [0.4, 0.5) is 5.69 Å². The lowest BCUT2D eigenvalue weighted by molar-refractivity contribution is 0.147. The first-order valence-electron chi connectivity index (χ1n) is 10.3. The number of halogens is 1. The van der Waals surface area contributed by atoms with Crippen LogP contribution in [0.25, 0.3) is 5.57 Å². The van der Waals surface area contributed by atoms with Crippen LogP contribution in [-0.2, 0) is 4.74 Å². The number of allylic oxidation sites excluding steroid dienone is 1. The molecule has 3 aliphatic rings. The van der Waals surface area contributed by atoms with E-state index in [1.165, 1.54) is 22.4 Å². The lowest BCUT2D eigenvalue weighted by Gasteiger charge is -2.39. The summed E-state index contributed by atoms with van der Waals surface area (Å²) < 4.78 is 6.32. The molecule has 1 fully saturated rings. The van der Waals surface area contributed by atoms with E-state index in [9.17, 15) is 0 Å². The molecule has 2 aliphatic heterocycles. The number of nitrogens with one attached hydrogen (secondary N) is 2. The summed E-state index contributed by atoms with van der Waals surface area (Å²) in [5.74, 6) is 1.28. The zero-order valence-corrected chi connectivity index (χ0v) is 17.1. The molecule has 1 aliphatic carbocycles. The maximum absolute atomic E-state index is 6.32. The van der Waals surface area contributed by atoms with Gasteiger partial charge in [-0.05, 0) is 41.8 Å². The highest BCUT2D eigenvalue weighted by molar-refractivity contribution is 6.30. The molecule has 1 saturated heterocycles. The number of para-hydroxylation sites is 1. The molecule has 0 spiro atoms. The molecule has 30 heavy (non-hydrogen) atoms. The topological polar surface area (TPSA) is 33.3 Å². The van der Waals surface area contributed by atoms with Gasteiger partial charge < -0.3 is 15.4 Å². The van der Waals surface area contributed by atoms with Crippen molar-refractivity contribution in [3.05, 3.63) is 118 Å². The van der Waals surface area contributed by atoms with Crippen molar-refractivity contribution in [3.63, 3.8) is 0 Å². The van der Waals surface area contributed by atoms with Crippen LogP contribution in [0.15, 0.2) is 96.4 Å². The fourth-order valence-corrected chi connectivity index (χ4v) is 4.96. The third kappa shape index (κ3) is 2.81. The summed E-state index contributed by atoms with van der Waals surface area (Å²) in [7, 11) is 0. The summed E-state index contributed by atoms with van der Waals surface area (Å²) in [5.41, 5.74) is 7.25. The molecule has 2 N–H and O–H groups in total. The molecule has 2 heterocycles. The summed E-state index contributed by atoms with van der Waals surface area (Å²) >= 11 is 6.07. The van der Waals surface area contributed by atoms with Crippen LogP contribution in [-0.4, -0.2) is 0 Å². The number of anilines is 1. The molecule has 6 rings (SSSR count). The summed E-state index contributed by atoms with van der Waals surface area (Å²) in [6.45, 7) is 0. The minimum Gasteiger partial charge on any atom is -0.465 e. The quantitative estimate of drug-likeness (QED) is 0.508. The Kier molecular flexibility index (Phi) is 4.10. The highest BCUT2D eigenvalue weighted by Crippen LogP contribution is 2.51. The second-order valence-electron chi connectivity index (χ2n) is 7.97. The molecule has 3 atom stereocenters. The van der Waals surface area contributed by atoms with Crippen molar-refractivity contribution in [1.29, 1.82) is 0 Å². The van der Waals surface area contributed by atoms with E-state index in [0.29, 0.717) is 5.92 Å². The number of ether oxygens (including phenoxy) is 1. The van der Waals surface area contributed by atoms with Gasteiger partial charge in [-0.25, -0.2) is 0 Å². The lowest BCUT2D eigenvalue weighted by atomic mass is 9.74. The van der Waals surface area contributed by atoms with E-state index in [4.69, 9.17) is 16.3 Å². The highest BCUT2D eigenvalue weighted by Gasteiger charge is 2.41. The molecule has 3 unspecified atom stereocenters. The average Bonchev–Trinajstić information content (AvgIpc) is 3.24. The fraction of sp³-hybridized carbons (Fsp3) is 0.154. The zero-order chi connectivity index (χ0) is 20.1. The molecule has 0 amide bonds. The third-order valence-corrected chi connectivity index (χ3v) is 6.48. The first-order valence-corrected chi connectivity index (χ1v) is 10.7. The maximum atomic E-state index is 6.32. The van der Waals surface area contributed by atoms with E-state index in [-0.39, 0.29) is 12.3 Å². The minimum atomic E-state index is -0.202. The highest BCUT2D eigenvalue weighted by atomic mass is 35.5. The minimum absolute atomic E-state index is 0.202. The standard InChI is InChI=1S/C26H21ClN2O/c27-18-12-10-17(11-13-18)26-29-25-22(30-26)15-14-20-23(25)19-8-4-5-9-21(19)28-24(20)16-6-2-1-3-7-16/h1-13,15,20,24,26,28-29H,14H2. The monoisotopic (exact) mass is 412 g/mol. The fourth-order valence-electron chi connectivity index (χ4n) is 4.83. The van der Waals surface area contributed by atoms with E-state index in [1.54, 1.807) is 0 Å². The van der Waals surface area contributed by atoms with Gasteiger partial charge in [0, 0.05) is 27.8 Å².